The summed E-state index contributed by atoms with van der Waals surface area (Å²) in [6.07, 6.45) is 0.919. The minimum atomic E-state index is -0.313. The fraction of sp³-hybridized carbons (Fsp3) is 0.160. The van der Waals surface area contributed by atoms with Gasteiger partial charge in [0, 0.05) is 22.5 Å². The maximum Gasteiger partial charge on any atom is 0.257 e. The zero-order valence-electron chi connectivity index (χ0n) is 18.0. The number of ether oxygens (including phenoxy) is 1. The first-order valence-electron chi connectivity index (χ1n) is 10.3. The molecule has 0 aliphatic rings. The maximum atomic E-state index is 12.4. The summed E-state index contributed by atoms with van der Waals surface area (Å²) < 4.78 is 5.52. The van der Waals surface area contributed by atoms with Crippen LogP contribution in [-0.4, -0.2) is 23.5 Å². The largest absolute Gasteiger partial charge is 0.494 e. The van der Waals surface area contributed by atoms with Crippen molar-refractivity contribution in [1.82, 2.24) is 5.32 Å². The summed E-state index contributed by atoms with van der Waals surface area (Å²) in [5.74, 6) is 0.230. The molecule has 7 heteroatoms. The average molecular weight is 448 g/mol. The lowest BCUT2D eigenvalue weighted by Gasteiger charge is -2.11. The molecule has 6 nitrogen and oxygen atoms in total. The average Bonchev–Trinajstić information content (AvgIpc) is 2.79. The molecule has 0 saturated heterocycles. The standard InChI is InChI=1S/C25H25N3O3S/c1-3-15-31-22-13-7-18(8-14-22)23(29)28-25(32)27-21-11-9-20(10-12-21)26-24(30)19-6-4-5-17(2)16-19/h4-14,16H,3,15H2,1-2H3,(H,26,30)(H2,27,28,29,32). The highest BCUT2D eigenvalue weighted by Crippen LogP contribution is 2.16. The number of anilines is 2. The number of amides is 2. The normalized spacial score (nSPS) is 10.2. The molecule has 164 valence electrons. The Balaban J connectivity index is 1.51. The minimum absolute atomic E-state index is 0.177. The third kappa shape index (κ3) is 6.65. The zero-order chi connectivity index (χ0) is 22.9. The van der Waals surface area contributed by atoms with Gasteiger partial charge in [0.25, 0.3) is 11.8 Å². The number of nitrogens with one attached hydrogen (secondary N) is 3. The van der Waals surface area contributed by atoms with E-state index < -0.39 is 0 Å². The monoisotopic (exact) mass is 447 g/mol. The van der Waals surface area contributed by atoms with Gasteiger partial charge in [-0.1, -0.05) is 24.6 Å². The van der Waals surface area contributed by atoms with E-state index in [1.165, 1.54) is 0 Å². The van der Waals surface area contributed by atoms with Crippen LogP contribution in [0.1, 0.15) is 39.6 Å². The number of benzene rings is 3. The van der Waals surface area contributed by atoms with Crippen LogP contribution in [0.25, 0.3) is 0 Å². The number of carbonyl (C=O) groups excluding carboxylic acids is 2. The molecular weight excluding hydrogens is 422 g/mol. The Kier molecular flexibility index (Phi) is 7.94. The van der Waals surface area contributed by atoms with E-state index in [9.17, 15) is 9.59 Å². The Morgan fingerprint density at radius 2 is 1.50 bits per heavy atom. The van der Waals surface area contributed by atoms with Crippen LogP contribution < -0.4 is 20.7 Å². The van der Waals surface area contributed by atoms with Gasteiger partial charge >= 0.3 is 0 Å². The van der Waals surface area contributed by atoms with Gasteiger partial charge in [-0.3, -0.25) is 14.9 Å². The highest BCUT2D eigenvalue weighted by Gasteiger charge is 2.09. The molecule has 0 unspecified atom stereocenters. The number of hydrogen-bond donors (Lipinski definition) is 3. The molecule has 0 heterocycles. The Labute approximate surface area is 193 Å². The van der Waals surface area contributed by atoms with Crippen molar-refractivity contribution in [2.75, 3.05) is 17.2 Å². The van der Waals surface area contributed by atoms with E-state index in [4.69, 9.17) is 17.0 Å². The molecule has 32 heavy (non-hydrogen) atoms. The number of thiocarbonyl (C=S) groups is 1. The molecule has 3 aromatic carbocycles. The van der Waals surface area contributed by atoms with Crippen molar-refractivity contribution in [3.05, 3.63) is 89.5 Å². The van der Waals surface area contributed by atoms with E-state index in [0.717, 1.165) is 17.7 Å². The topological polar surface area (TPSA) is 79.5 Å². The fourth-order valence-corrected chi connectivity index (χ4v) is 3.10. The molecule has 0 aromatic heterocycles. The third-order valence-corrected chi connectivity index (χ3v) is 4.70. The quantitative estimate of drug-likeness (QED) is 0.436. The fourth-order valence-electron chi connectivity index (χ4n) is 2.89. The zero-order valence-corrected chi connectivity index (χ0v) is 18.8. The van der Waals surface area contributed by atoms with E-state index in [2.05, 4.69) is 16.0 Å². The summed E-state index contributed by atoms with van der Waals surface area (Å²) in [6, 6.07) is 21.3. The minimum Gasteiger partial charge on any atom is -0.494 e. The van der Waals surface area contributed by atoms with Gasteiger partial charge in [-0.05, 0) is 86.2 Å². The summed E-state index contributed by atoms with van der Waals surface area (Å²) in [6.45, 7) is 4.61. The van der Waals surface area contributed by atoms with Crippen molar-refractivity contribution >= 4 is 40.5 Å². The third-order valence-electron chi connectivity index (χ3n) is 4.50. The number of rotatable bonds is 7. The van der Waals surface area contributed by atoms with Crippen molar-refractivity contribution in [1.29, 1.82) is 0 Å². The van der Waals surface area contributed by atoms with Crippen LogP contribution in [0, 0.1) is 6.92 Å². The van der Waals surface area contributed by atoms with Gasteiger partial charge < -0.3 is 15.4 Å². The Morgan fingerprint density at radius 3 is 2.12 bits per heavy atom. The molecule has 3 N–H and O–H groups in total. The van der Waals surface area contributed by atoms with Crippen molar-refractivity contribution in [2.45, 2.75) is 20.3 Å². The molecule has 0 spiro atoms. The molecule has 0 fully saturated rings. The summed E-state index contributed by atoms with van der Waals surface area (Å²) in [5.41, 5.74) is 3.44. The van der Waals surface area contributed by atoms with Gasteiger partial charge in [0.15, 0.2) is 5.11 Å². The van der Waals surface area contributed by atoms with Gasteiger partial charge in [0.1, 0.15) is 5.75 Å². The lowest BCUT2D eigenvalue weighted by Crippen LogP contribution is -2.34. The Bertz CT molecular complexity index is 1100. The first-order valence-corrected chi connectivity index (χ1v) is 10.7. The first kappa shape index (κ1) is 23.0. The van der Waals surface area contributed by atoms with E-state index in [0.29, 0.717) is 29.1 Å². The number of aryl methyl sites for hydroxylation is 1. The second-order valence-electron chi connectivity index (χ2n) is 7.18. The van der Waals surface area contributed by atoms with Crippen molar-refractivity contribution in [3.63, 3.8) is 0 Å². The van der Waals surface area contributed by atoms with E-state index >= 15 is 0 Å². The Hall–Kier alpha value is -3.71. The second-order valence-corrected chi connectivity index (χ2v) is 7.59. The molecule has 0 bridgehead atoms. The van der Waals surface area contributed by atoms with Crippen molar-refractivity contribution < 1.29 is 14.3 Å². The van der Waals surface area contributed by atoms with Crippen molar-refractivity contribution in [2.24, 2.45) is 0 Å². The van der Waals surface area contributed by atoms with Crippen LogP contribution in [0.4, 0.5) is 11.4 Å². The molecule has 0 saturated carbocycles. The predicted octanol–water partition coefficient (Wildman–Crippen LogP) is 5.16. The molecule has 0 aliphatic carbocycles. The number of hydrogen-bond acceptors (Lipinski definition) is 4. The van der Waals surface area contributed by atoms with Gasteiger partial charge in [-0.25, -0.2) is 0 Å². The highest BCUT2D eigenvalue weighted by molar-refractivity contribution is 7.80. The number of carbonyl (C=O) groups is 2. The Morgan fingerprint density at radius 1 is 0.844 bits per heavy atom. The molecule has 3 aromatic rings. The van der Waals surface area contributed by atoms with Crippen LogP contribution in [0.5, 0.6) is 5.75 Å². The van der Waals surface area contributed by atoms with Gasteiger partial charge in [-0.15, -0.1) is 0 Å². The molecule has 0 atom stereocenters. The summed E-state index contributed by atoms with van der Waals surface area (Å²) in [4.78, 5) is 24.7. The van der Waals surface area contributed by atoms with Crippen LogP contribution in [0.3, 0.4) is 0 Å². The second kappa shape index (κ2) is 11.1. The highest BCUT2D eigenvalue weighted by atomic mass is 32.1. The first-order chi connectivity index (χ1) is 15.4. The van der Waals surface area contributed by atoms with Gasteiger partial charge in [0.2, 0.25) is 0 Å². The SMILES string of the molecule is CCCOc1ccc(C(=O)NC(=S)Nc2ccc(NC(=O)c3cccc(C)c3)cc2)cc1. The smallest absolute Gasteiger partial charge is 0.257 e. The molecule has 2 amide bonds. The predicted molar refractivity (Wildman–Crippen MR) is 131 cm³/mol. The van der Waals surface area contributed by atoms with Crippen LogP contribution in [0.15, 0.2) is 72.8 Å². The van der Waals surface area contributed by atoms with Crippen LogP contribution >= 0.6 is 12.2 Å². The summed E-state index contributed by atoms with van der Waals surface area (Å²) >= 11 is 5.24. The van der Waals surface area contributed by atoms with E-state index in [1.807, 2.05) is 32.0 Å². The van der Waals surface area contributed by atoms with E-state index in [-0.39, 0.29) is 16.9 Å². The van der Waals surface area contributed by atoms with E-state index in [1.54, 1.807) is 54.6 Å². The lowest BCUT2D eigenvalue weighted by atomic mass is 10.1. The molecule has 0 radical (unpaired) electrons. The molecule has 3 rings (SSSR count). The van der Waals surface area contributed by atoms with Gasteiger partial charge in [0.05, 0.1) is 6.61 Å². The summed E-state index contributed by atoms with van der Waals surface area (Å²) in [7, 11) is 0. The van der Waals surface area contributed by atoms with Gasteiger partial charge in [-0.2, -0.15) is 0 Å². The van der Waals surface area contributed by atoms with Crippen LogP contribution in [0.2, 0.25) is 0 Å². The summed E-state index contributed by atoms with van der Waals surface area (Å²) in [5, 5.41) is 8.65. The molecule has 0 aliphatic heterocycles. The van der Waals surface area contributed by atoms with Crippen LogP contribution in [-0.2, 0) is 0 Å². The molecular formula is C25H25N3O3S. The van der Waals surface area contributed by atoms with Crippen molar-refractivity contribution in [3.8, 4) is 5.75 Å². The lowest BCUT2D eigenvalue weighted by molar-refractivity contribution is 0.0976. The maximum absolute atomic E-state index is 12.4.